The molecular formula is C13H17IO. The number of hydrogen-bond donors (Lipinski definition) is 0. The van der Waals surface area contributed by atoms with E-state index in [0.29, 0.717) is 6.10 Å². The second kappa shape index (κ2) is 5.30. The van der Waals surface area contributed by atoms with Gasteiger partial charge in [-0.05, 0) is 31.2 Å². The van der Waals surface area contributed by atoms with Gasteiger partial charge < -0.3 is 4.74 Å². The van der Waals surface area contributed by atoms with Crippen LogP contribution in [-0.4, -0.2) is 10.5 Å². The zero-order valence-corrected chi connectivity index (χ0v) is 11.2. The van der Waals surface area contributed by atoms with E-state index < -0.39 is 0 Å². The van der Waals surface area contributed by atoms with Crippen molar-refractivity contribution in [3.8, 4) is 0 Å². The number of rotatable bonds is 5. The summed E-state index contributed by atoms with van der Waals surface area (Å²) in [7, 11) is 0. The zero-order valence-electron chi connectivity index (χ0n) is 9.03. The Morgan fingerprint density at radius 2 is 2.00 bits per heavy atom. The predicted molar refractivity (Wildman–Crippen MR) is 71.3 cm³/mol. The molecule has 15 heavy (non-hydrogen) atoms. The third kappa shape index (κ3) is 3.18. The van der Waals surface area contributed by atoms with Crippen molar-refractivity contribution in [2.45, 2.75) is 32.0 Å². The minimum Gasteiger partial charge on any atom is -0.369 e. The number of ether oxygens (including phenoxy) is 1. The maximum Gasteiger partial charge on any atom is 0.0918 e. The van der Waals surface area contributed by atoms with E-state index in [2.05, 4.69) is 59.8 Å². The van der Waals surface area contributed by atoms with E-state index in [1.165, 1.54) is 18.4 Å². The Balaban J connectivity index is 1.97. The highest BCUT2D eigenvalue weighted by Gasteiger charge is 2.30. The Kier molecular flexibility index (Phi) is 4.03. The van der Waals surface area contributed by atoms with Crippen LogP contribution in [0.25, 0.3) is 0 Å². The average molecular weight is 316 g/mol. The molecule has 0 spiro atoms. The van der Waals surface area contributed by atoms with Crippen LogP contribution in [0.4, 0.5) is 0 Å². The highest BCUT2D eigenvalue weighted by atomic mass is 127. The van der Waals surface area contributed by atoms with Gasteiger partial charge in [0.05, 0.1) is 12.2 Å². The molecule has 0 aliphatic heterocycles. The summed E-state index contributed by atoms with van der Waals surface area (Å²) in [6, 6.07) is 10.5. The third-order valence-corrected chi connectivity index (χ3v) is 3.78. The lowest BCUT2D eigenvalue weighted by atomic mass is 10.1. The maximum absolute atomic E-state index is 6.10. The molecule has 1 nitrogen and oxygen atoms in total. The van der Waals surface area contributed by atoms with Gasteiger partial charge >= 0.3 is 0 Å². The van der Waals surface area contributed by atoms with Crippen molar-refractivity contribution < 1.29 is 4.74 Å². The molecule has 1 aliphatic rings. The van der Waals surface area contributed by atoms with Gasteiger partial charge in [0.1, 0.15) is 0 Å². The molecule has 1 aromatic rings. The maximum atomic E-state index is 6.10. The van der Waals surface area contributed by atoms with E-state index in [9.17, 15) is 0 Å². The van der Waals surface area contributed by atoms with Gasteiger partial charge in [0.25, 0.3) is 0 Å². The summed E-state index contributed by atoms with van der Waals surface area (Å²) < 4.78 is 7.13. The van der Waals surface area contributed by atoms with Gasteiger partial charge in [0.15, 0.2) is 0 Å². The molecule has 82 valence electrons. The van der Waals surface area contributed by atoms with Gasteiger partial charge in [-0.25, -0.2) is 0 Å². The molecule has 0 amide bonds. The van der Waals surface area contributed by atoms with Gasteiger partial charge in [-0.3, -0.25) is 0 Å². The van der Waals surface area contributed by atoms with Crippen molar-refractivity contribution in [3.05, 3.63) is 35.9 Å². The number of benzene rings is 1. The second-order valence-electron chi connectivity index (χ2n) is 4.23. The second-order valence-corrected chi connectivity index (χ2v) is 5.11. The molecule has 0 N–H and O–H groups in total. The largest absolute Gasteiger partial charge is 0.369 e. The van der Waals surface area contributed by atoms with Crippen molar-refractivity contribution in [3.63, 3.8) is 0 Å². The first kappa shape index (κ1) is 11.4. The molecule has 0 bridgehead atoms. The molecule has 0 heterocycles. The van der Waals surface area contributed by atoms with E-state index in [0.717, 1.165) is 10.3 Å². The molecule has 2 atom stereocenters. The normalized spacial score (nSPS) is 19.9. The van der Waals surface area contributed by atoms with Crippen LogP contribution in [0.1, 0.15) is 31.4 Å². The Labute approximate surface area is 105 Å². The van der Waals surface area contributed by atoms with E-state index in [1.54, 1.807) is 0 Å². The molecule has 0 aromatic heterocycles. The lowest BCUT2D eigenvalue weighted by molar-refractivity contribution is -0.000618. The first-order valence-electron chi connectivity index (χ1n) is 5.57. The Bertz CT molecular complexity index is 295. The van der Waals surface area contributed by atoms with E-state index in [-0.39, 0.29) is 6.10 Å². The highest BCUT2D eigenvalue weighted by Crippen LogP contribution is 2.36. The van der Waals surface area contributed by atoms with Crippen LogP contribution in [-0.2, 0) is 4.74 Å². The molecule has 1 aromatic carbocycles. The summed E-state index contributed by atoms with van der Waals surface area (Å²) in [5.41, 5.74) is 1.31. The first-order valence-corrected chi connectivity index (χ1v) is 7.10. The molecular weight excluding hydrogens is 299 g/mol. The molecule has 1 aliphatic carbocycles. The minimum atomic E-state index is 0.266. The van der Waals surface area contributed by atoms with Gasteiger partial charge in [-0.2, -0.15) is 0 Å². The minimum absolute atomic E-state index is 0.266. The molecule has 2 heteroatoms. The number of alkyl halides is 1. The molecule has 1 saturated carbocycles. The topological polar surface area (TPSA) is 9.23 Å². The molecule has 2 unspecified atom stereocenters. The van der Waals surface area contributed by atoms with Crippen molar-refractivity contribution in [1.82, 2.24) is 0 Å². The van der Waals surface area contributed by atoms with Crippen LogP contribution in [0.2, 0.25) is 0 Å². The third-order valence-electron chi connectivity index (χ3n) is 2.98. The zero-order chi connectivity index (χ0) is 10.7. The van der Waals surface area contributed by atoms with Crippen LogP contribution < -0.4 is 0 Å². The van der Waals surface area contributed by atoms with Gasteiger partial charge in [-0.1, -0.05) is 52.9 Å². The summed E-state index contributed by atoms with van der Waals surface area (Å²) in [5, 5.41) is 0. The summed E-state index contributed by atoms with van der Waals surface area (Å²) >= 11 is 2.41. The Morgan fingerprint density at radius 3 is 2.53 bits per heavy atom. The summed E-state index contributed by atoms with van der Waals surface area (Å²) in [4.78, 5) is 0. The molecule has 0 radical (unpaired) electrons. The summed E-state index contributed by atoms with van der Waals surface area (Å²) in [5.74, 6) is 0.819. The fourth-order valence-corrected chi connectivity index (χ4v) is 2.52. The fourth-order valence-electron chi connectivity index (χ4n) is 1.81. The lowest BCUT2D eigenvalue weighted by Crippen LogP contribution is -2.16. The van der Waals surface area contributed by atoms with Gasteiger partial charge in [0, 0.05) is 4.43 Å². The van der Waals surface area contributed by atoms with Crippen LogP contribution in [0.3, 0.4) is 0 Å². The van der Waals surface area contributed by atoms with Crippen molar-refractivity contribution >= 4 is 22.6 Å². The van der Waals surface area contributed by atoms with Crippen LogP contribution in [0, 0.1) is 5.92 Å². The SMILES string of the molecule is CC(OC(CI)c1ccccc1)C1CC1. The monoisotopic (exact) mass is 316 g/mol. The van der Waals surface area contributed by atoms with E-state index in [1.807, 2.05) is 0 Å². The quantitative estimate of drug-likeness (QED) is 0.590. The van der Waals surface area contributed by atoms with E-state index in [4.69, 9.17) is 4.74 Å². The molecule has 1 fully saturated rings. The van der Waals surface area contributed by atoms with Gasteiger partial charge in [-0.15, -0.1) is 0 Å². The standard InChI is InChI=1S/C13H17IO/c1-10(11-7-8-11)15-13(9-14)12-5-3-2-4-6-12/h2-6,10-11,13H,7-9H2,1H3. The van der Waals surface area contributed by atoms with Crippen molar-refractivity contribution in [2.75, 3.05) is 4.43 Å². The van der Waals surface area contributed by atoms with Crippen LogP contribution >= 0.6 is 22.6 Å². The average Bonchev–Trinajstić information content (AvgIpc) is 3.10. The smallest absolute Gasteiger partial charge is 0.0918 e. The van der Waals surface area contributed by atoms with Crippen molar-refractivity contribution in [1.29, 1.82) is 0 Å². The number of halogens is 1. The highest BCUT2D eigenvalue weighted by molar-refractivity contribution is 14.1. The predicted octanol–water partition coefficient (Wildman–Crippen LogP) is 3.98. The molecule has 2 rings (SSSR count). The Morgan fingerprint density at radius 1 is 1.33 bits per heavy atom. The molecule has 0 saturated heterocycles. The number of hydrogen-bond acceptors (Lipinski definition) is 1. The van der Waals surface area contributed by atoms with Crippen LogP contribution in [0.5, 0.6) is 0 Å². The first-order chi connectivity index (χ1) is 7.31. The van der Waals surface area contributed by atoms with Crippen LogP contribution in [0.15, 0.2) is 30.3 Å². The summed E-state index contributed by atoms with van der Waals surface area (Å²) in [6.45, 7) is 2.21. The summed E-state index contributed by atoms with van der Waals surface area (Å²) in [6.07, 6.45) is 3.39. The van der Waals surface area contributed by atoms with Gasteiger partial charge in [0.2, 0.25) is 0 Å². The van der Waals surface area contributed by atoms with E-state index >= 15 is 0 Å². The lowest BCUT2D eigenvalue weighted by Gasteiger charge is -2.21. The fraction of sp³-hybridized carbons (Fsp3) is 0.538. The van der Waals surface area contributed by atoms with Crippen molar-refractivity contribution in [2.24, 2.45) is 5.92 Å². The Hall–Kier alpha value is -0.0900.